The molecule has 0 atom stereocenters. The molecule has 9 heteroatoms. The van der Waals surface area contributed by atoms with Crippen LogP contribution in [0.4, 0.5) is 5.82 Å². The minimum atomic E-state index is -3.58. The number of nitrogens with zero attached hydrogens (tertiary/aromatic N) is 3. The number of carbonyl (C=O) groups is 1. The summed E-state index contributed by atoms with van der Waals surface area (Å²) in [4.78, 5) is 14.0. The predicted molar refractivity (Wildman–Crippen MR) is 45.9 cm³/mol. The molecule has 0 saturated heterocycles. The maximum absolute atomic E-state index is 10.9. The van der Waals surface area contributed by atoms with Gasteiger partial charge in [-0.05, 0) is 0 Å². The lowest BCUT2D eigenvalue weighted by molar-refractivity contribution is 0.0994. The second-order valence-corrected chi connectivity index (χ2v) is 4.37. The maximum atomic E-state index is 10.9. The number of carbonyl (C=O) groups excluding carboxylic acids is 1. The first-order chi connectivity index (χ1) is 6.32. The molecule has 76 valence electrons. The molecule has 0 spiro atoms. The maximum Gasteiger partial charge on any atom is 0.273 e. The summed E-state index contributed by atoms with van der Waals surface area (Å²) in [5.74, 6) is -1.27. The molecule has 0 aliphatic carbocycles. The van der Waals surface area contributed by atoms with Crippen LogP contribution in [0, 0.1) is 0 Å². The first-order valence-electron chi connectivity index (χ1n) is 3.32. The monoisotopic (exact) mass is 217 g/mol. The highest BCUT2D eigenvalue weighted by Gasteiger charge is 2.16. The van der Waals surface area contributed by atoms with E-state index in [0.29, 0.717) is 0 Å². The van der Waals surface area contributed by atoms with E-state index in [1.807, 2.05) is 0 Å². The lowest BCUT2D eigenvalue weighted by Crippen LogP contribution is -2.19. The number of nitrogen functional groups attached to an aromatic ring is 1. The van der Waals surface area contributed by atoms with Crippen LogP contribution < -0.4 is 11.5 Å². The predicted octanol–water partition coefficient (Wildman–Crippen LogP) is -2.04. The van der Waals surface area contributed by atoms with Gasteiger partial charge in [-0.15, -0.1) is 10.2 Å². The lowest BCUT2D eigenvalue weighted by Gasteiger charge is -1.99. The van der Waals surface area contributed by atoms with Crippen LogP contribution in [0.25, 0.3) is 0 Å². The van der Waals surface area contributed by atoms with Crippen molar-refractivity contribution in [3.05, 3.63) is 5.69 Å². The summed E-state index contributed by atoms with van der Waals surface area (Å²) in [5, 5.41) is 5.91. The highest BCUT2D eigenvalue weighted by molar-refractivity contribution is 7.90. The fraction of sp³-hybridized carbons (Fsp3) is 0.200. The zero-order valence-corrected chi connectivity index (χ0v) is 7.95. The van der Waals surface area contributed by atoms with Crippen LogP contribution in [-0.2, 0) is 9.84 Å². The molecule has 4 N–H and O–H groups in total. The summed E-state index contributed by atoms with van der Waals surface area (Å²) in [6.07, 6.45) is 0.896. The third-order valence-corrected chi connectivity index (χ3v) is 2.10. The van der Waals surface area contributed by atoms with Gasteiger partial charge < -0.3 is 11.5 Å². The summed E-state index contributed by atoms with van der Waals surface area (Å²) in [6, 6.07) is 0. The van der Waals surface area contributed by atoms with Crippen LogP contribution in [0.1, 0.15) is 10.5 Å². The van der Waals surface area contributed by atoms with E-state index in [1.165, 1.54) is 0 Å². The summed E-state index contributed by atoms with van der Waals surface area (Å²) < 4.78 is 21.9. The SMILES string of the molecule is CS(=O)(=O)c1nnc(C(N)=O)c(N)n1. The van der Waals surface area contributed by atoms with E-state index in [1.54, 1.807) is 0 Å². The van der Waals surface area contributed by atoms with Gasteiger partial charge in [-0.1, -0.05) is 0 Å². The number of amides is 1. The number of sulfone groups is 1. The van der Waals surface area contributed by atoms with E-state index in [0.717, 1.165) is 6.26 Å². The van der Waals surface area contributed by atoms with Crippen LogP contribution in [0.2, 0.25) is 0 Å². The van der Waals surface area contributed by atoms with Gasteiger partial charge in [0.15, 0.2) is 11.5 Å². The van der Waals surface area contributed by atoms with E-state index in [2.05, 4.69) is 15.2 Å². The van der Waals surface area contributed by atoms with Crippen molar-refractivity contribution in [2.24, 2.45) is 5.73 Å². The zero-order valence-electron chi connectivity index (χ0n) is 7.13. The summed E-state index contributed by atoms with van der Waals surface area (Å²) in [6.45, 7) is 0. The first kappa shape index (κ1) is 10.3. The van der Waals surface area contributed by atoms with E-state index in [-0.39, 0.29) is 11.5 Å². The highest BCUT2D eigenvalue weighted by atomic mass is 32.2. The van der Waals surface area contributed by atoms with Crippen LogP contribution in [0.15, 0.2) is 5.16 Å². The molecule has 1 aromatic rings. The molecular formula is C5H7N5O3S. The van der Waals surface area contributed by atoms with Crippen molar-refractivity contribution in [3.63, 3.8) is 0 Å². The van der Waals surface area contributed by atoms with Crippen LogP contribution in [0.3, 0.4) is 0 Å². The lowest BCUT2D eigenvalue weighted by atomic mass is 10.4. The van der Waals surface area contributed by atoms with Crippen molar-refractivity contribution in [1.82, 2.24) is 15.2 Å². The van der Waals surface area contributed by atoms with Gasteiger partial charge in [0.05, 0.1) is 0 Å². The molecule has 1 heterocycles. The molecule has 8 nitrogen and oxygen atoms in total. The number of primary amides is 1. The molecule has 14 heavy (non-hydrogen) atoms. The number of anilines is 1. The van der Waals surface area contributed by atoms with Gasteiger partial charge in [-0.2, -0.15) is 4.98 Å². The van der Waals surface area contributed by atoms with E-state index >= 15 is 0 Å². The van der Waals surface area contributed by atoms with Gasteiger partial charge in [0.1, 0.15) is 0 Å². The van der Waals surface area contributed by atoms with Crippen molar-refractivity contribution in [3.8, 4) is 0 Å². The third-order valence-electron chi connectivity index (χ3n) is 1.26. The fourth-order valence-corrected chi connectivity index (χ4v) is 1.11. The average molecular weight is 217 g/mol. The minimum absolute atomic E-state index is 0.350. The molecular weight excluding hydrogens is 210 g/mol. The number of hydrogen-bond acceptors (Lipinski definition) is 7. The number of rotatable bonds is 2. The van der Waals surface area contributed by atoms with Gasteiger partial charge >= 0.3 is 0 Å². The van der Waals surface area contributed by atoms with Crippen LogP contribution >= 0.6 is 0 Å². The standard InChI is InChI=1S/C5H7N5O3S/c1-14(12,13)5-8-3(6)2(4(7)11)9-10-5/h1H3,(H2,7,11)(H2,6,8,10). The molecule has 1 amide bonds. The molecule has 0 aromatic carbocycles. The van der Waals surface area contributed by atoms with Gasteiger partial charge in [-0.3, -0.25) is 4.79 Å². The van der Waals surface area contributed by atoms with Crippen LogP contribution in [0.5, 0.6) is 0 Å². The molecule has 0 radical (unpaired) electrons. The molecule has 0 fully saturated rings. The summed E-state index contributed by atoms with van der Waals surface area (Å²) in [5.41, 5.74) is 9.75. The largest absolute Gasteiger partial charge is 0.382 e. The van der Waals surface area contributed by atoms with Crippen molar-refractivity contribution >= 4 is 21.6 Å². The molecule has 0 bridgehead atoms. The molecule has 1 rings (SSSR count). The minimum Gasteiger partial charge on any atom is -0.382 e. The van der Waals surface area contributed by atoms with Gasteiger partial charge in [0.2, 0.25) is 9.84 Å². The molecule has 0 aliphatic rings. The van der Waals surface area contributed by atoms with Gasteiger partial charge in [-0.25, -0.2) is 8.42 Å². The Hall–Kier alpha value is -1.77. The number of hydrogen-bond donors (Lipinski definition) is 2. The van der Waals surface area contributed by atoms with Crippen molar-refractivity contribution in [2.75, 3.05) is 12.0 Å². The molecule has 0 aliphatic heterocycles. The van der Waals surface area contributed by atoms with Gasteiger partial charge in [0, 0.05) is 6.26 Å². The Balaban J connectivity index is 3.34. The van der Waals surface area contributed by atoms with Crippen molar-refractivity contribution in [1.29, 1.82) is 0 Å². The Kier molecular flexibility index (Phi) is 2.34. The topological polar surface area (TPSA) is 142 Å². The summed E-state index contributed by atoms with van der Waals surface area (Å²) in [7, 11) is -3.58. The normalized spacial score (nSPS) is 11.2. The fourth-order valence-electron chi connectivity index (χ4n) is 0.655. The Labute approximate surface area is 79.3 Å². The number of aromatic nitrogens is 3. The second-order valence-electron chi connectivity index (χ2n) is 2.46. The first-order valence-corrected chi connectivity index (χ1v) is 5.21. The highest BCUT2D eigenvalue weighted by Crippen LogP contribution is 2.06. The van der Waals surface area contributed by atoms with Crippen molar-refractivity contribution in [2.45, 2.75) is 5.16 Å². The van der Waals surface area contributed by atoms with Crippen molar-refractivity contribution < 1.29 is 13.2 Å². The molecule has 0 saturated carbocycles. The van der Waals surface area contributed by atoms with Gasteiger partial charge in [0.25, 0.3) is 11.1 Å². The Morgan fingerprint density at radius 1 is 1.36 bits per heavy atom. The third kappa shape index (κ3) is 1.93. The van der Waals surface area contributed by atoms with Crippen LogP contribution in [-0.4, -0.2) is 35.8 Å². The second kappa shape index (κ2) is 3.18. The Bertz CT molecular complexity index is 482. The Morgan fingerprint density at radius 3 is 2.29 bits per heavy atom. The summed E-state index contributed by atoms with van der Waals surface area (Å²) >= 11 is 0. The van der Waals surface area contributed by atoms with E-state index < -0.39 is 20.9 Å². The molecule has 1 aromatic heterocycles. The molecule has 0 unspecified atom stereocenters. The Morgan fingerprint density at radius 2 is 1.93 bits per heavy atom. The van der Waals surface area contributed by atoms with E-state index in [4.69, 9.17) is 11.5 Å². The number of nitrogens with two attached hydrogens (primary N) is 2. The average Bonchev–Trinajstić information content (AvgIpc) is 2.01. The zero-order chi connectivity index (χ0) is 10.9. The smallest absolute Gasteiger partial charge is 0.273 e. The van der Waals surface area contributed by atoms with E-state index in [9.17, 15) is 13.2 Å². The quantitative estimate of drug-likeness (QED) is 0.580.